The minimum Gasteiger partial charge on any atom is -0.325 e. The Hall–Kier alpha value is -1.13. The van der Waals surface area contributed by atoms with Gasteiger partial charge in [0, 0.05) is 22.9 Å². The quantitative estimate of drug-likeness (QED) is 0.907. The molecule has 1 aromatic heterocycles. The van der Waals surface area contributed by atoms with Gasteiger partial charge in [-0.2, -0.15) is 0 Å². The molecule has 15 heavy (non-hydrogen) atoms. The summed E-state index contributed by atoms with van der Waals surface area (Å²) in [5.41, 5.74) is 8.93. The van der Waals surface area contributed by atoms with E-state index in [4.69, 9.17) is 5.73 Å². The van der Waals surface area contributed by atoms with Gasteiger partial charge >= 0.3 is 0 Å². The van der Waals surface area contributed by atoms with Crippen molar-refractivity contribution in [3.63, 3.8) is 0 Å². The van der Waals surface area contributed by atoms with Gasteiger partial charge in [-0.1, -0.05) is 15.9 Å². The van der Waals surface area contributed by atoms with Crippen LogP contribution in [0, 0.1) is 6.92 Å². The third-order valence-corrected chi connectivity index (χ3v) is 3.23. The highest BCUT2D eigenvalue weighted by atomic mass is 79.9. The van der Waals surface area contributed by atoms with Gasteiger partial charge in [-0.3, -0.25) is 0 Å². The summed E-state index contributed by atoms with van der Waals surface area (Å²) in [6.07, 6.45) is 3.57. The lowest BCUT2D eigenvalue weighted by Gasteiger charge is -2.08. The molecular weight excluding hydrogens is 254 g/mol. The highest BCUT2D eigenvalue weighted by molar-refractivity contribution is 9.10. The van der Waals surface area contributed by atoms with Crippen LogP contribution in [-0.4, -0.2) is 9.55 Å². The zero-order valence-corrected chi connectivity index (χ0v) is 10.0. The van der Waals surface area contributed by atoms with Gasteiger partial charge in [0.1, 0.15) is 0 Å². The maximum absolute atomic E-state index is 5.63. The van der Waals surface area contributed by atoms with Crippen LogP contribution in [0.2, 0.25) is 0 Å². The summed E-state index contributed by atoms with van der Waals surface area (Å²) >= 11 is 3.48. The fourth-order valence-electron chi connectivity index (χ4n) is 1.48. The topological polar surface area (TPSA) is 43.8 Å². The Bertz CT molecular complexity index is 476. The molecule has 0 radical (unpaired) electrons. The Morgan fingerprint density at radius 2 is 2.27 bits per heavy atom. The van der Waals surface area contributed by atoms with Crippen molar-refractivity contribution in [3.8, 4) is 5.69 Å². The van der Waals surface area contributed by atoms with Crippen LogP contribution in [-0.2, 0) is 6.54 Å². The summed E-state index contributed by atoms with van der Waals surface area (Å²) < 4.78 is 3.11. The molecule has 1 aromatic carbocycles. The molecule has 3 nitrogen and oxygen atoms in total. The number of hydrogen-bond donors (Lipinski definition) is 1. The van der Waals surface area contributed by atoms with E-state index >= 15 is 0 Å². The molecule has 0 bridgehead atoms. The number of hydrogen-bond acceptors (Lipinski definition) is 2. The number of imidazole rings is 1. The summed E-state index contributed by atoms with van der Waals surface area (Å²) in [6.45, 7) is 2.56. The maximum Gasteiger partial charge on any atom is 0.0994 e. The predicted octanol–water partition coefficient (Wildman–Crippen LogP) is 2.40. The van der Waals surface area contributed by atoms with E-state index in [1.807, 2.05) is 16.7 Å². The molecule has 0 saturated heterocycles. The third kappa shape index (κ3) is 1.96. The zero-order valence-electron chi connectivity index (χ0n) is 8.44. The van der Waals surface area contributed by atoms with Gasteiger partial charge in [0.25, 0.3) is 0 Å². The molecule has 0 aliphatic rings. The molecule has 0 aliphatic carbocycles. The molecule has 0 aliphatic heterocycles. The van der Waals surface area contributed by atoms with Crippen molar-refractivity contribution >= 4 is 15.9 Å². The third-order valence-electron chi connectivity index (χ3n) is 2.34. The Kier molecular flexibility index (Phi) is 2.88. The summed E-state index contributed by atoms with van der Waals surface area (Å²) in [5.74, 6) is 0. The molecule has 0 saturated carbocycles. The lowest BCUT2D eigenvalue weighted by atomic mass is 10.2. The Morgan fingerprint density at radius 1 is 1.47 bits per heavy atom. The van der Waals surface area contributed by atoms with Crippen molar-refractivity contribution in [2.24, 2.45) is 5.73 Å². The van der Waals surface area contributed by atoms with Crippen molar-refractivity contribution in [1.29, 1.82) is 0 Å². The van der Waals surface area contributed by atoms with Crippen LogP contribution in [0.3, 0.4) is 0 Å². The zero-order chi connectivity index (χ0) is 10.8. The van der Waals surface area contributed by atoms with E-state index in [0.717, 1.165) is 15.9 Å². The minimum absolute atomic E-state index is 0.495. The Morgan fingerprint density at radius 3 is 2.93 bits per heavy atom. The standard InChI is InChI=1S/C11H12BrN3/c1-8-4-9(2-3-11(8)12)15-7-14-6-10(15)5-13/h2-4,6-7H,5,13H2,1H3. The first kappa shape index (κ1) is 10.4. The molecule has 1 heterocycles. The van der Waals surface area contributed by atoms with E-state index < -0.39 is 0 Å². The van der Waals surface area contributed by atoms with E-state index in [1.54, 1.807) is 12.5 Å². The van der Waals surface area contributed by atoms with E-state index in [2.05, 4.69) is 33.9 Å². The first-order chi connectivity index (χ1) is 7.22. The van der Waals surface area contributed by atoms with Crippen molar-refractivity contribution in [3.05, 3.63) is 46.5 Å². The number of benzene rings is 1. The number of aryl methyl sites for hydroxylation is 1. The van der Waals surface area contributed by atoms with Gasteiger partial charge in [0.2, 0.25) is 0 Å². The minimum atomic E-state index is 0.495. The molecule has 78 valence electrons. The lowest BCUT2D eigenvalue weighted by Crippen LogP contribution is -2.04. The van der Waals surface area contributed by atoms with Crippen LogP contribution in [0.5, 0.6) is 0 Å². The largest absolute Gasteiger partial charge is 0.325 e. The van der Waals surface area contributed by atoms with Crippen molar-refractivity contribution in [1.82, 2.24) is 9.55 Å². The highest BCUT2D eigenvalue weighted by Crippen LogP contribution is 2.20. The average Bonchev–Trinajstić information content (AvgIpc) is 2.70. The summed E-state index contributed by atoms with van der Waals surface area (Å²) in [6, 6.07) is 6.17. The van der Waals surface area contributed by atoms with Crippen LogP contribution >= 0.6 is 15.9 Å². The van der Waals surface area contributed by atoms with Crippen molar-refractivity contribution < 1.29 is 0 Å². The van der Waals surface area contributed by atoms with E-state index in [-0.39, 0.29) is 0 Å². The van der Waals surface area contributed by atoms with Gasteiger partial charge in [0.05, 0.1) is 12.0 Å². The van der Waals surface area contributed by atoms with E-state index in [1.165, 1.54) is 5.56 Å². The number of nitrogens with zero attached hydrogens (tertiary/aromatic N) is 2. The fourth-order valence-corrected chi connectivity index (χ4v) is 1.73. The molecule has 2 N–H and O–H groups in total. The molecule has 0 spiro atoms. The van der Waals surface area contributed by atoms with Gasteiger partial charge < -0.3 is 10.3 Å². The second kappa shape index (κ2) is 4.16. The number of aromatic nitrogens is 2. The van der Waals surface area contributed by atoms with Gasteiger partial charge in [-0.05, 0) is 30.7 Å². The summed E-state index contributed by atoms with van der Waals surface area (Å²) in [5, 5.41) is 0. The first-order valence-corrected chi connectivity index (χ1v) is 5.49. The smallest absolute Gasteiger partial charge is 0.0994 e. The van der Waals surface area contributed by atoms with E-state index in [0.29, 0.717) is 6.54 Å². The molecule has 0 unspecified atom stereocenters. The number of rotatable bonds is 2. The lowest BCUT2D eigenvalue weighted by molar-refractivity contribution is 0.909. The Balaban J connectivity index is 2.50. The highest BCUT2D eigenvalue weighted by Gasteiger charge is 2.03. The first-order valence-electron chi connectivity index (χ1n) is 4.70. The Labute approximate surface area is 97.1 Å². The van der Waals surface area contributed by atoms with Crippen LogP contribution in [0.1, 0.15) is 11.3 Å². The monoisotopic (exact) mass is 265 g/mol. The van der Waals surface area contributed by atoms with Gasteiger partial charge in [0.15, 0.2) is 0 Å². The molecule has 0 atom stereocenters. The average molecular weight is 266 g/mol. The second-order valence-electron chi connectivity index (χ2n) is 3.39. The fraction of sp³-hybridized carbons (Fsp3) is 0.182. The number of nitrogens with two attached hydrogens (primary N) is 1. The van der Waals surface area contributed by atoms with E-state index in [9.17, 15) is 0 Å². The SMILES string of the molecule is Cc1cc(-n2cncc2CN)ccc1Br. The van der Waals surface area contributed by atoms with Gasteiger partial charge in [-0.15, -0.1) is 0 Å². The van der Waals surface area contributed by atoms with Crippen LogP contribution < -0.4 is 5.73 Å². The van der Waals surface area contributed by atoms with Gasteiger partial charge in [-0.25, -0.2) is 4.98 Å². The normalized spacial score (nSPS) is 10.6. The predicted molar refractivity (Wildman–Crippen MR) is 63.9 cm³/mol. The second-order valence-corrected chi connectivity index (χ2v) is 4.25. The maximum atomic E-state index is 5.63. The van der Waals surface area contributed by atoms with Crippen molar-refractivity contribution in [2.75, 3.05) is 0 Å². The molecule has 0 amide bonds. The van der Waals surface area contributed by atoms with Crippen LogP contribution in [0.15, 0.2) is 35.2 Å². The summed E-state index contributed by atoms with van der Waals surface area (Å²) in [7, 11) is 0. The number of halogens is 1. The molecule has 4 heteroatoms. The molecule has 0 fully saturated rings. The van der Waals surface area contributed by atoms with Crippen LogP contribution in [0.4, 0.5) is 0 Å². The molecular formula is C11H12BrN3. The van der Waals surface area contributed by atoms with Crippen LogP contribution in [0.25, 0.3) is 5.69 Å². The van der Waals surface area contributed by atoms with Crippen molar-refractivity contribution in [2.45, 2.75) is 13.5 Å². The molecule has 2 aromatic rings. The summed E-state index contributed by atoms with van der Waals surface area (Å²) in [4.78, 5) is 4.09. The molecule has 2 rings (SSSR count).